The number of aryl methyl sites for hydroxylation is 1. The lowest BCUT2D eigenvalue weighted by atomic mass is 10.1. The second-order valence-electron chi connectivity index (χ2n) is 5.13. The van der Waals surface area contributed by atoms with Gasteiger partial charge in [0.15, 0.2) is 11.5 Å². The van der Waals surface area contributed by atoms with E-state index in [-0.39, 0.29) is 18.9 Å². The normalized spacial score (nSPS) is 13.3. The van der Waals surface area contributed by atoms with Crippen LogP contribution in [0.15, 0.2) is 18.2 Å². The highest BCUT2D eigenvalue weighted by Crippen LogP contribution is 2.30. The van der Waals surface area contributed by atoms with Crippen molar-refractivity contribution in [1.82, 2.24) is 4.90 Å². The summed E-state index contributed by atoms with van der Waals surface area (Å²) in [5.41, 5.74) is 0.976. The molecule has 1 aromatic carbocycles. The van der Waals surface area contributed by atoms with Gasteiger partial charge in [-0.25, -0.2) is 0 Å². The van der Waals surface area contributed by atoms with Crippen LogP contribution in [-0.4, -0.2) is 48.2 Å². The average Bonchev–Trinajstić information content (AvgIpc) is 2.74. The third kappa shape index (κ3) is 4.38. The molecule has 1 aliphatic heterocycles. The van der Waals surface area contributed by atoms with E-state index in [1.165, 1.54) is 4.90 Å². The lowest BCUT2D eigenvalue weighted by Crippen LogP contribution is -2.35. The number of aliphatic carboxylic acids is 1. The Morgan fingerprint density at radius 1 is 1.23 bits per heavy atom. The fraction of sp³-hybridized carbons (Fsp3) is 0.500. The molecule has 6 nitrogen and oxygen atoms in total. The number of carboxylic acid groups (broad SMARTS) is 1. The van der Waals surface area contributed by atoms with E-state index in [1.807, 2.05) is 18.2 Å². The van der Waals surface area contributed by atoms with E-state index >= 15 is 0 Å². The van der Waals surface area contributed by atoms with Gasteiger partial charge in [-0.1, -0.05) is 6.07 Å². The number of hydrogen-bond acceptors (Lipinski definition) is 4. The third-order valence-corrected chi connectivity index (χ3v) is 3.50. The number of likely N-dealkylation sites (N-methyl/N-ethyl adjacent to an activating group) is 1. The Kier molecular flexibility index (Phi) is 5.63. The van der Waals surface area contributed by atoms with E-state index in [4.69, 9.17) is 14.6 Å². The number of ether oxygens (including phenoxy) is 2. The molecule has 120 valence electrons. The second kappa shape index (κ2) is 7.68. The molecule has 0 spiro atoms. The maximum absolute atomic E-state index is 12.0. The van der Waals surface area contributed by atoms with Crippen molar-refractivity contribution in [3.8, 4) is 11.5 Å². The summed E-state index contributed by atoms with van der Waals surface area (Å²) in [5.74, 6) is 0.289. The Labute approximate surface area is 129 Å². The van der Waals surface area contributed by atoms with Crippen molar-refractivity contribution >= 4 is 11.9 Å². The van der Waals surface area contributed by atoms with Gasteiger partial charge in [-0.15, -0.1) is 0 Å². The zero-order chi connectivity index (χ0) is 15.9. The molecule has 2 rings (SSSR count). The Balaban J connectivity index is 1.95. The highest BCUT2D eigenvalue weighted by atomic mass is 16.5. The quantitative estimate of drug-likeness (QED) is 0.866. The predicted octanol–water partition coefficient (Wildman–Crippen LogP) is 1.71. The number of nitrogens with zero attached hydrogens (tertiary/aromatic N) is 1. The third-order valence-electron chi connectivity index (χ3n) is 3.50. The lowest BCUT2D eigenvalue weighted by molar-refractivity contribution is -0.144. The minimum atomic E-state index is -0.995. The molecule has 1 heterocycles. The van der Waals surface area contributed by atoms with Gasteiger partial charge in [-0.2, -0.15) is 0 Å². The van der Waals surface area contributed by atoms with Crippen LogP contribution >= 0.6 is 0 Å². The van der Waals surface area contributed by atoms with Gasteiger partial charge in [0.2, 0.25) is 5.91 Å². The standard InChI is InChI=1S/C16H21NO5/c1-2-17(11-16(19)20)15(18)7-5-12-4-6-13-14(10-12)22-9-3-8-21-13/h4,6,10H,2-3,5,7-9,11H2,1H3,(H,19,20). The first-order valence-electron chi connectivity index (χ1n) is 7.48. The number of carbonyl (C=O) groups is 2. The number of fused-ring (bicyclic) bond motifs is 1. The molecule has 0 aliphatic carbocycles. The number of hydrogen-bond donors (Lipinski definition) is 1. The van der Waals surface area contributed by atoms with Crippen LogP contribution < -0.4 is 9.47 Å². The summed E-state index contributed by atoms with van der Waals surface area (Å²) >= 11 is 0. The number of carbonyl (C=O) groups excluding carboxylic acids is 1. The van der Waals surface area contributed by atoms with Gasteiger partial charge < -0.3 is 19.5 Å². The van der Waals surface area contributed by atoms with Crippen molar-refractivity contribution in [2.24, 2.45) is 0 Å². The summed E-state index contributed by atoms with van der Waals surface area (Å²) in [6.07, 6.45) is 1.68. The van der Waals surface area contributed by atoms with Gasteiger partial charge in [0.25, 0.3) is 0 Å². The molecule has 1 aliphatic rings. The van der Waals surface area contributed by atoms with Gasteiger partial charge in [-0.3, -0.25) is 9.59 Å². The van der Waals surface area contributed by atoms with Gasteiger partial charge in [0.05, 0.1) is 13.2 Å². The summed E-state index contributed by atoms with van der Waals surface area (Å²) in [4.78, 5) is 24.1. The summed E-state index contributed by atoms with van der Waals surface area (Å²) in [6.45, 7) is 3.18. The summed E-state index contributed by atoms with van der Waals surface area (Å²) in [6, 6.07) is 5.66. The highest BCUT2D eigenvalue weighted by Gasteiger charge is 2.16. The predicted molar refractivity (Wildman–Crippen MR) is 80.3 cm³/mol. The van der Waals surface area contributed by atoms with Crippen LogP contribution in [0, 0.1) is 0 Å². The lowest BCUT2D eigenvalue weighted by Gasteiger charge is -2.18. The average molecular weight is 307 g/mol. The Bertz CT molecular complexity index is 543. The zero-order valence-corrected chi connectivity index (χ0v) is 12.7. The van der Waals surface area contributed by atoms with Crippen LogP contribution in [0.5, 0.6) is 11.5 Å². The molecular weight excluding hydrogens is 286 g/mol. The van der Waals surface area contributed by atoms with Crippen LogP contribution in [0.2, 0.25) is 0 Å². The van der Waals surface area contributed by atoms with Gasteiger partial charge in [0, 0.05) is 19.4 Å². The van der Waals surface area contributed by atoms with Crippen molar-refractivity contribution in [2.45, 2.75) is 26.2 Å². The molecular formula is C16H21NO5. The molecule has 0 atom stereocenters. The number of amides is 1. The molecule has 0 aromatic heterocycles. The molecule has 0 bridgehead atoms. The number of benzene rings is 1. The molecule has 22 heavy (non-hydrogen) atoms. The molecule has 1 amide bonds. The Morgan fingerprint density at radius 3 is 2.64 bits per heavy atom. The topological polar surface area (TPSA) is 76.1 Å². The van der Waals surface area contributed by atoms with Crippen LogP contribution in [0.3, 0.4) is 0 Å². The molecule has 0 fully saturated rings. The monoisotopic (exact) mass is 307 g/mol. The van der Waals surface area contributed by atoms with Crippen LogP contribution in [0.25, 0.3) is 0 Å². The Morgan fingerprint density at radius 2 is 1.95 bits per heavy atom. The van der Waals surface area contributed by atoms with Crippen LogP contribution in [0.1, 0.15) is 25.3 Å². The summed E-state index contributed by atoms with van der Waals surface area (Å²) < 4.78 is 11.2. The number of rotatable bonds is 6. The van der Waals surface area contributed by atoms with Crippen molar-refractivity contribution in [3.63, 3.8) is 0 Å². The smallest absolute Gasteiger partial charge is 0.323 e. The summed E-state index contributed by atoms with van der Waals surface area (Å²) in [7, 11) is 0. The molecule has 0 saturated heterocycles. The molecule has 1 aromatic rings. The van der Waals surface area contributed by atoms with Gasteiger partial charge in [-0.05, 0) is 31.0 Å². The summed E-state index contributed by atoms with van der Waals surface area (Å²) in [5, 5.41) is 8.78. The molecule has 0 unspecified atom stereocenters. The van der Waals surface area contributed by atoms with E-state index in [1.54, 1.807) is 6.92 Å². The minimum Gasteiger partial charge on any atom is -0.490 e. The Hall–Kier alpha value is -2.24. The van der Waals surface area contributed by atoms with E-state index in [2.05, 4.69) is 0 Å². The first-order valence-corrected chi connectivity index (χ1v) is 7.48. The maximum Gasteiger partial charge on any atom is 0.323 e. The maximum atomic E-state index is 12.0. The largest absolute Gasteiger partial charge is 0.490 e. The van der Waals surface area contributed by atoms with Gasteiger partial charge >= 0.3 is 5.97 Å². The van der Waals surface area contributed by atoms with Crippen molar-refractivity contribution in [1.29, 1.82) is 0 Å². The molecule has 0 radical (unpaired) electrons. The van der Waals surface area contributed by atoms with Crippen molar-refractivity contribution in [2.75, 3.05) is 26.3 Å². The fourth-order valence-corrected chi connectivity index (χ4v) is 2.31. The van der Waals surface area contributed by atoms with E-state index in [0.717, 1.165) is 17.7 Å². The first-order chi connectivity index (χ1) is 10.6. The van der Waals surface area contributed by atoms with E-state index in [9.17, 15) is 9.59 Å². The van der Waals surface area contributed by atoms with Crippen molar-refractivity contribution < 1.29 is 24.2 Å². The van der Waals surface area contributed by atoms with Crippen molar-refractivity contribution in [3.05, 3.63) is 23.8 Å². The fourth-order valence-electron chi connectivity index (χ4n) is 2.31. The van der Waals surface area contributed by atoms with Gasteiger partial charge in [0.1, 0.15) is 6.54 Å². The van der Waals surface area contributed by atoms with Crippen LogP contribution in [-0.2, 0) is 16.0 Å². The molecule has 1 N–H and O–H groups in total. The highest BCUT2D eigenvalue weighted by molar-refractivity contribution is 5.81. The number of carboxylic acids is 1. The van der Waals surface area contributed by atoms with E-state index in [0.29, 0.717) is 31.9 Å². The first kappa shape index (κ1) is 16.1. The molecule has 6 heteroatoms. The second-order valence-corrected chi connectivity index (χ2v) is 5.13. The zero-order valence-electron chi connectivity index (χ0n) is 12.7. The minimum absolute atomic E-state index is 0.156. The SMILES string of the molecule is CCN(CC(=O)O)C(=O)CCc1ccc2c(c1)OCCCO2. The molecule has 0 saturated carbocycles. The van der Waals surface area contributed by atoms with E-state index < -0.39 is 5.97 Å². The van der Waals surface area contributed by atoms with Crippen LogP contribution in [0.4, 0.5) is 0 Å².